The number of hydrogen-bond acceptors (Lipinski definition) is 3. The number of amides is 1. The van der Waals surface area contributed by atoms with Crippen molar-refractivity contribution in [2.45, 2.75) is 0 Å². The van der Waals surface area contributed by atoms with Crippen LogP contribution in [-0.4, -0.2) is 11.3 Å². The van der Waals surface area contributed by atoms with Crippen molar-refractivity contribution in [3.8, 4) is 0 Å². The predicted molar refractivity (Wildman–Crippen MR) is 42.7 cm³/mol. The molecule has 0 saturated carbocycles. The Kier molecular flexibility index (Phi) is 2.70. The van der Waals surface area contributed by atoms with Crippen LogP contribution in [-0.2, 0) is 4.79 Å². The number of nitro groups is 1. The van der Waals surface area contributed by atoms with Crippen molar-refractivity contribution in [1.29, 1.82) is 0 Å². The molecule has 0 saturated heterocycles. The van der Waals surface area contributed by atoms with Crippen LogP contribution in [0.5, 0.6) is 0 Å². The molecule has 1 N–H and O–H groups in total. The summed E-state index contributed by atoms with van der Waals surface area (Å²) in [6.45, 7) is 0. The van der Waals surface area contributed by atoms with Crippen molar-refractivity contribution < 1.29 is 18.5 Å². The lowest BCUT2D eigenvalue weighted by Crippen LogP contribution is -2.03. The number of anilines is 1. The highest BCUT2D eigenvalue weighted by atomic mass is 19.1. The molecule has 0 unspecified atom stereocenters. The van der Waals surface area contributed by atoms with Gasteiger partial charge < -0.3 is 5.32 Å². The number of nitrogens with zero attached hydrogens (tertiary/aromatic N) is 1. The number of carbonyl (C=O) groups is 1. The van der Waals surface area contributed by atoms with Crippen molar-refractivity contribution in [3.05, 3.63) is 33.9 Å². The Labute approximate surface area is 76.5 Å². The fourth-order valence-electron chi connectivity index (χ4n) is 0.906. The molecule has 5 nitrogen and oxygen atoms in total. The van der Waals surface area contributed by atoms with Crippen molar-refractivity contribution >= 4 is 17.8 Å². The molecule has 74 valence electrons. The molecule has 0 aliphatic rings. The predicted octanol–water partition coefficient (Wildman–Crippen LogP) is 1.44. The third kappa shape index (κ3) is 1.82. The first-order chi connectivity index (χ1) is 6.56. The number of nitro benzene ring substituents is 1. The second-order valence-corrected chi connectivity index (χ2v) is 2.30. The number of halogens is 2. The molecule has 0 aliphatic heterocycles. The van der Waals surface area contributed by atoms with Gasteiger partial charge in [0.15, 0.2) is 11.5 Å². The lowest BCUT2D eigenvalue weighted by Gasteiger charge is -2.01. The van der Waals surface area contributed by atoms with E-state index in [0.717, 1.165) is 0 Å². The largest absolute Gasteiger partial charge is 0.321 e. The minimum atomic E-state index is -1.19. The van der Waals surface area contributed by atoms with Crippen molar-refractivity contribution in [2.24, 2.45) is 0 Å². The van der Waals surface area contributed by atoms with Crippen LogP contribution in [0.25, 0.3) is 0 Å². The molecule has 0 radical (unpaired) electrons. The van der Waals surface area contributed by atoms with Crippen molar-refractivity contribution in [3.63, 3.8) is 0 Å². The average Bonchev–Trinajstić information content (AvgIpc) is 2.09. The van der Waals surface area contributed by atoms with Gasteiger partial charge in [0.2, 0.25) is 6.41 Å². The van der Waals surface area contributed by atoms with E-state index in [-0.39, 0.29) is 6.41 Å². The fraction of sp³-hybridized carbons (Fsp3) is 0. The highest BCUT2D eigenvalue weighted by Crippen LogP contribution is 2.27. The van der Waals surface area contributed by atoms with Gasteiger partial charge in [-0.1, -0.05) is 0 Å². The second kappa shape index (κ2) is 3.77. The smallest absolute Gasteiger partial charge is 0.298 e. The first-order valence-corrected chi connectivity index (χ1v) is 3.40. The highest BCUT2D eigenvalue weighted by molar-refractivity contribution is 5.77. The molecule has 0 atom stereocenters. The third-order valence-electron chi connectivity index (χ3n) is 1.43. The van der Waals surface area contributed by atoms with Crippen LogP contribution in [0.2, 0.25) is 0 Å². The summed E-state index contributed by atoms with van der Waals surface area (Å²) in [7, 11) is 0. The summed E-state index contributed by atoms with van der Waals surface area (Å²) < 4.78 is 25.4. The van der Waals surface area contributed by atoms with Crippen LogP contribution in [0.1, 0.15) is 0 Å². The Morgan fingerprint density at radius 3 is 2.57 bits per heavy atom. The monoisotopic (exact) mass is 202 g/mol. The van der Waals surface area contributed by atoms with Crippen LogP contribution in [0.15, 0.2) is 12.1 Å². The molecule has 0 bridgehead atoms. The minimum Gasteiger partial charge on any atom is -0.321 e. The molecule has 0 fully saturated rings. The van der Waals surface area contributed by atoms with Crippen LogP contribution < -0.4 is 5.32 Å². The van der Waals surface area contributed by atoms with Gasteiger partial charge in [0.1, 0.15) is 5.82 Å². The number of nitrogens with one attached hydrogen (secondary N) is 1. The molecule has 1 rings (SSSR count). The Hall–Kier alpha value is -2.05. The summed E-state index contributed by atoms with van der Waals surface area (Å²) in [6.07, 6.45) is 0.0727. The standard InChI is InChI=1S/C7H4F2N2O3/c8-4-1-5(9)7(10-3-12)6(2-4)11(13)14/h1-3H,(H,10,12). The van der Waals surface area contributed by atoms with Crippen LogP contribution in [0.3, 0.4) is 0 Å². The molecular weight excluding hydrogens is 198 g/mol. The molecule has 1 aromatic rings. The third-order valence-corrected chi connectivity index (χ3v) is 1.43. The quantitative estimate of drug-likeness (QED) is 0.458. The van der Waals surface area contributed by atoms with Crippen molar-refractivity contribution in [2.75, 3.05) is 5.32 Å². The van der Waals surface area contributed by atoms with E-state index in [2.05, 4.69) is 0 Å². The van der Waals surface area contributed by atoms with E-state index < -0.39 is 27.9 Å². The normalized spacial score (nSPS) is 9.57. The van der Waals surface area contributed by atoms with Gasteiger partial charge in [-0.15, -0.1) is 0 Å². The topological polar surface area (TPSA) is 72.2 Å². The lowest BCUT2D eigenvalue weighted by molar-refractivity contribution is -0.384. The number of carbonyl (C=O) groups excluding carboxylic acids is 1. The summed E-state index contributed by atoms with van der Waals surface area (Å²) in [5.74, 6) is -2.27. The maximum absolute atomic E-state index is 12.9. The van der Waals surface area contributed by atoms with Crippen LogP contribution >= 0.6 is 0 Å². The zero-order chi connectivity index (χ0) is 10.7. The van der Waals surface area contributed by atoms with E-state index in [9.17, 15) is 23.7 Å². The maximum Gasteiger partial charge on any atom is 0.298 e. The number of benzene rings is 1. The van der Waals surface area contributed by atoms with Crippen LogP contribution in [0.4, 0.5) is 20.2 Å². The number of rotatable bonds is 3. The molecular formula is C7H4F2N2O3. The second-order valence-electron chi connectivity index (χ2n) is 2.30. The zero-order valence-corrected chi connectivity index (χ0v) is 6.66. The van der Waals surface area contributed by atoms with Gasteiger partial charge in [0, 0.05) is 6.07 Å². The number of hydrogen-bond donors (Lipinski definition) is 1. The van der Waals surface area contributed by atoms with Gasteiger partial charge in [0.05, 0.1) is 11.0 Å². The first-order valence-electron chi connectivity index (χ1n) is 3.40. The molecule has 14 heavy (non-hydrogen) atoms. The molecule has 7 heteroatoms. The van der Waals surface area contributed by atoms with Crippen LogP contribution in [0, 0.1) is 21.7 Å². The molecule has 0 spiro atoms. The van der Waals surface area contributed by atoms with E-state index >= 15 is 0 Å². The van der Waals surface area contributed by atoms with Gasteiger partial charge in [-0.2, -0.15) is 0 Å². The molecule has 0 aliphatic carbocycles. The molecule has 1 aromatic carbocycles. The molecule has 0 heterocycles. The molecule has 0 aromatic heterocycles. The summed E-state index contributed by atoms with van der Waals surface area (Å²) in [5, 5.41) is 12.1. The van der Waals surface area contributed by atoms with E-state index in [1.807, 2.05) is 0 Å². The van der Waals surface area contributed by atoms with Gasteiger partial charge in [-0.3, -0.25) is 14.9 Å². The maximum atomic E-state index is 12.9. The summed E-state index contributed by atoms with van der Waals surface area (Å²) in [5.41, 5.74) is -1.47. The van der Waals surface area contributed by atoms with E-state index in [1.165, 1.54) is 0 Å². The molecule has 1 amide bonds. The van der Waals surface area contributed by atoms with Gasteiger partial charge >= 0.3 is 0 Å². The highest BCUT2D eigenvalue weighted by Gasteiger charge is 2.19. The SMILES string of the molecule is O=CNc1c(F)cc(F)cc1[N+](=O)[O-]. The lowest BCUT2D eigenvalue weighted by atomic mass is 10.2. The first kappa shape index (κ1) is 10.0. The average molecular weight is 202 g/mol. The summed E-state index contributed by atoms with van der Waals surface area (Å²) >= 11 is 0. The van der Waals surface area contributed by atoms with E-state index in [0.29, 0.717) is 12.1 Å². The van der Waals surface area contributed by atoms with E-state index in [1.54, 1.807) is 5.32 Å². The zero-order valence-electron chi connectivity index (χ0n) is 6.66. The van der Waals surface area contributed by atoms with E-state index in [4.69, 9.17) is 0 Å². The van der Waals surface area contributed by atoms with Crippen molar-refractivity contribution in [1.82, 2.24) is 0 Å². The minimum absolute atomic E-state index is 0.0727. The Bertz CT molecular complexity index is 395. The van der Waals surface area contributed by atoms with Gasteiger partial charge in [-0.25, -0.2) is 8.78 Å². The Morgan fingerprint density at radius 2 is 2.07 bits per heavy atom. The van der Waals surface area contributed by atoms with Gasteiger partial charge in [-0.05, 0) is 0 Å². The summed E-state index contributed by atoms with van der Waals surface area (Å²) in [4.78, 5) is 19.3. The van der Waals surface area contributed by atoms with Gasteiger partial charge in [0.25, 0.3) is 5.69 Å². The fourth-order valence-corrected chi connectivity index (χ4v) is 0.906. The Balaban J connectivity index is 3.35. The summed E-state index contributed by atoms with van der Waals surface area (Å²) in [6, 6.07) is 0.966. The Morgan fingerprint density at radius 1 is 1.43 bits per heavy atom.